The van der Waals surface area contributed by atoms with Gasteiger partial charge in [-0.15, -0.1) is 0 Å². The van der Waals surface area contributed by atoms with Crippen LogP contribution in [0.3, 0.4) is 0 Å². The van der Waals surface area contributed by atoms with E-state index in [0.717, 1.165) is 0 Å². The molecule has 0 radical (unpaired) electrons. The van der Waals surface area contributed by atoms with Crippen molar-refractivity contribution in [2.24, 2.45) is 5.92 Å². The Kier molecular flexibility index (Phi) is 6.24. The number of hydrogen-bond acceptors (Lipinski definition) is 5. The van der Waals surface area contributed by atoms with Crippen molar-refractivity contribution in [3.8, 4) is 5.75 Å². The van der Waals surface area contributed by atoms with Crippen LogP contribution in [-0.2, 0) is 19.6 Å². The highest BCUT2D eigenvalue weighted by Crippen LogP contribution is 2.35. The average Bonchev–Trinajstić information content (AvgIpc) is 2.75. The Hall–Kier alpha value is -2.50. The standard InChI is InChI=1S/C21H21BrFN3O5S/c1-12-7-17-18(31-11-20(27)24-17)9-19(12)32(29,30)26-6-2-3-13(10-26)21(28)25-16-5-4-14(22)8-15(16)23/h4-5,7-9,13H,2-3,6,10-11H2,1H3,(H,24,27)(H,25,28). The van der Waals surface area contributed by atoms with E-state index >= 15 is 0 Å². The van der Waals surface area contributed by atoms with E-state index in [1.165, 1.54) is 22.5 Å². The van der Waals surface area contributed by atoms with Crippen molar-refractivity contribution in [1.82, 2.24) is 4.31 Å². The molecule has 2 aromatic carbocycles. The van der Waals surface area contributed by atoms with Gasteiger partial charge in [0.15, 0.2) is 6.61 Å². The number of nitrogens with zero attached hydrogens (tertiary/aromatic N) is 1. The van der Waals surface area contributed by atoms with Crippen LogP contribution in [0.1, 0.15) is 18.4 Å². The Balaban J connectivity index is 1.53. The molecule has 4 rings (SSSR count). The summed E-state index contributed by atoms with van der Waals surface area (Å²) in [5.74, 6) is -1.65. The largest absolute Gasteiger partial charge is 0.482 e. The first kappa shape index (κ1) is 22.7. The molecule has 0 bridgehead atoms. The van der Waals surface area contributed by atoms with Crippen LogP contribution in [0, 0.1) is 18.7 Å². The predicted octanol–water partition coefficient (Wildman–Crippen LogP) is 3.27. The summed E-state index contributed by atoms with van der Waals surface area (Å²) >= 11 is 3.17. The highest BCUT2D eigenvalue weighted by molar-refractivity contribution is 9.10. The van der Waals surface area contributed by atoms with Gasteiger partial charge in [-0.05, 0) is 49.6 Å². The second kappa shape index (κ2) is 8.80. The van der Waals surface area contributed by atoms with Crippen molar-refractivity contribution in [1.29, 1.82) is 0 Å². The molecule has 0 saturated carbocycles. The summed E-state index contributed by atoms with van der Waals surface area (Å²) in [6, 6.07) is 7.27. The summed E-state index contributed by atoms with van der Waals surface area (Å²) in [6.45, 7) is 1.71. The molecule has 2 aliphatic rings. The molecule has 11 heteroatoms. The number of rotatable bonds is 4. The van der Waals surface area contributed by atoms with Gasteiger partial charge in [-0.25, -0.2) is 12.8 Å². The molecule has 0 aliphatic carbocycles. The number of carbonyl (C=O) groups excluding carboxylic acids is 2. The topological polar surface area (TPSA) is 105 Å². The fraction of sp³-hybridized carbons (Fsp3) is 0.333. The van der Waals surface area contributed by atoms with Gasteiger partial charge >= 0.3 is 0 Å². The molecule has 2 N–H and O–H groups in total. The number of carbonyl (C=O) groups is 2. The highest BCUT2D eigenvalue weighted by Gasteiger charge is 2.35. The van der Waals surface area contributed by atoms with Crippen LogP contribution in [0.2, 0.25) is 0 Å². The fourth-order valence-electron chi connectivity index (χ4n) is 3.83. The van der Waals surface area contributed by atoms with Crippen molar-refractivity contribution in [3.05, 3.63) is 46.2 Å². The number of anilines is 2. The minimum absolute atomic E-state index is 0.0135. The maximum atomic E-state index is 14.1. The van der Waals surface area contributed by atoms with E-state index < -0.39 is 27.7 Å². The third-order valence-corrected chi connectivity index (χ3v) is 7.97. The number of fused-ring (bicyclic) bond motifs is 1. The van der Waals surface area contributed by atoms with Crippen LogP contribution in [0.25, 0.3) is 0 Å². The first-order valence-corrected chi connectivity index (χ1v) is 12.2. The van der Waals surface area contributed by atoms with Gasteiger partial charge in [0.05, 0.1) is 22.2 Å². The monoisotopic (exact) mass is 525 g/mol. The summed E-state index contributed by atoms with van der Waals surface area (Å²) in [4.78, 5) is 24.3. The zero-order valence-corrected chi connectivity index (χ0v) is 19.6. The molecule has 1 fully saturated rings. The molecule has 0 aromatic heterocycles. The van der Waals surface area contributed by atoms with Crippen LogP contribution in [0.15, 0.2) is 39.7 Å². The lowest BCUT2D eigenvalue weighted by atomic mass is 9.98. The molecule has 2 amide bonds. The Morgan fingerprint density at radius 1 is 1.31 bits per heavy atom. The first-order valence-electron chi connectivity index (χ1n) is 9.98. The summed E-state index contributed by atoms with van der Waals surface area (Å²) < 4.78 is 48.0. The normalized spacial score (nSPS) is 19.0. The van der Waals surface area contributed by atoms with Gasteiger partial charge in [-0.3, -0.25) is 9.59 Å². The van der Waals surface area contributed by atoms with E-state index in [9.17, 15) is 22.4 Å². The molecule has 1 unspecified atom stereocenters. The molecule has 170 valence electrons. The van der Waals surface area contributed by atoms with Gasteiger partial charge in [-0.2, -0.15) is 4.31 Å². The maximum absolute atomic E-state index is 14.1. The van der Waals surface area contributed by atoms with Gasteiger partial charge < -0.3 is 15.4 Å². The molecule has 2 aromatic rings. The molecule has 8 nitrogen and oxygen atoms in total. The Morgan fingerprint density at radius 3 is 2.84 bits per heavy atom. The molecule has 1 atom stereocenters. The number of sulfonamides is 1. The molecular formula is C21H21BrFN3O5S. The van der Waals surface area contributed by atoms with Crippen molar-refractivity contribution < 1.29 is 27.1 Å². The SMILES string of the molecule is Cc1cc2c(cc1S(=O)(=O)N1CCCC(C(=O)Nc3ccc(Br)cc3F)C1)OCC(=O)N2. The summed E-state index contributed by atoms with van der Waals surface area (Å²) in [5, 5.41) is 5.21. The second-order valence-electron chi connectivity index (χ2n) is 7.77. The van der Waals surface area contributed by atoms with E-state index in [0.29, 0.717) is 28.6 Å². The number of ether oxygens (including phenoxy) is 1. The number of halogens is 2. The Morgan fingerprint density at radius 2 is 2.09 bits per heavy atom. The minimum atomic E-state index is -3.91. The van der Waals surface area contributed by atoms with E-state index in [1.807, 2.05) is 0 Å². The van der Waals surface area contributed by atoms with Crippen LogP contribution in [-0.4, -0.2) is 44.2 Å². The smallest absolute Gasteiger partial charge is 0.262 e. The second-order valence-corrected chi connectivity index (χ2v) is 10.6. The third-order valence-electron chi connectivity index (χ3n) is 5.47. The lowest BCUT2D eigenvalue weighted by molar-refractivity contribution is -0.121. The molecule has 32 heavy (non-hydrogen) atoms. The fourth-order valence-corrected chi connectivity index (χ4v) is 5.91. The summed E-state index contributed by atoms with van der Waals surface area (Å²) in [6.07, 6.45) is 0.991. The number of amides is 2. The lowest BCUT2D eigenvalue weighted by Crippen LogP contribution is -2.44. The van der Waals surface area contributed by atoms with E-state index in [4.69, 9.17) is 4.74 Å². The van der Waals surface area contributed by atoms with Crippen LogP contribution in [0.4, 0.5) is 15.8 Å². The molecule has 0 spiro atoms. The van der Waals surface area contributed by atoms with E-state index in [2.05, 4.69) is 26.6 Å². The maximum Gasteiger partial charge on any atom is 0.262 e. The van der Waals surface area contributed by atoms with Gasteiger partial charge in [-0.1, -0.05) is 15.9 Å². The predicted molar refractivity (Wildman–Crippen MR) is 120 cm³/mol. The summed E-state index contributed by atoms with van der Waals surface area (Å²) in [5.41, 5.74) is 0.922. The molecule has 1 saturated heterocycles. The van der Waals surface area contributed by atoms with Crippen molar-refractivity contribution in [2.75, 3.05) is 30.3 Å². The number of nitrogens with one attached hydrogen (secondary N) is 2. The van der Waals surface area contributed by atoms with E-state index in [-0.39, 0.29) is 41.9 Å². The quantitative estimate of drug-likeness (QED) is 0.637. The van der Waals surface area contributed by atoms with Crippen LogP contribution in [0.5, 0.6) is 5.75 Å². The van der Waals surface area contributed by atoms with Gasteiger partial charge in [0.25, 0.3) is 5.91 Å². The van der Waals surface area contributed by atoms with Gasteiger partial charge in [0.2, 0.25) is 15.9 Å². The molecule has 2 aliphatic heterocycles. The number of piperidine rings is 1. The van der Waals surface area contributed by atoms with Crippen molar-refractivity contribution in [3.63, 3.8) is 0 Å². The molecule has 2 heterocycles. The third kappa shape index (κ3) is 4.50. The van der Waals surface area contributed by atoms with E-state index in [1.54, 1.807) is 19.1 Å². The summed E-state index contributed by atoms with van der Waals surface area (Å²) in [7, 11) is -3.91. The number of aryl methyl sites for hydroxylation is 1. The van der Waals surface area contributed by atoms with Crippen molar-refractivity contribution >= 4 is 49.1 Å². The zero-order valence-electron chi connectivity index (χ0n) is 17.2. The molecular weight excluding hydrogens is 505 g/mol. The first-order chi connectivity index (χ1) is 15.1. The zero-order chi connectivity index (χ0) is 23.0. The number of benzene rings is 2. The van der Waals surface area contributed by atoms with Crippen LogP contribution < -0.4 is 15.4 Å². The Bertz CT molecular complexity index is 1200. The highest BCUT2D eigenvalue weighted by atomic mass is 79.9. The average molecular weight is 526 g/mol. The van der Waals surface area contributed by atoms with Gasteiger partial charge in [0, 0.05) is 23.6 Å². The lowest BCUT2D eigenvalue weighted by Gasteiger charge is -2.32. The minimum Gasteiger partial charge on any atom is -0.482 e. The van der Waals surface area contributed by atoms with Crippen molar-refractivity contribution in [2.45, 2.75) is 24.7 Å². The number of hydrogen-bond donors (Lipinski definition) is 2. The van der Waals surface area contributed by atoms with Crippen LogP contribution >= 0.6 is 15.9 Å². The Labute approximate surface area is 193 Å². The van der Waals surface area contributed by atoms with Gasteiger partial charge in [0.1, 0.15) is 11.6 Å².